The lowest BCUT2D eigenvalue weighted by Gasteiger charge is -2.08. The van der Waals surface area contributed by atoms with Crippen molar-refractivity contribution in [2.75, 3.05) is 0 Å². The molecule has 0 atom stereocenters. The maximum Gasteiger partial charge on any atom is 0.285 e. The van der Waals surface area contributed by atoms with Crippen LogP contribution in [0.4, 0.5) is 5.69 Å². The van der Waals surface area contributed by atoms with Gasteiger partial charge in [0.15, 0.2) is 5.52 Å². The van der Waals surface area contributed by atoms with Crippen LogP contribution in [0.5, 0.6) is 0 Å². The zero-order valence-electron chi connectivity index (χ0n) is 12.3. The van der Waals surface area contributed by atoms with Gasteiger partial charge in [0.05, 0.1) is 10.6 Å². The third-order valence-electron chi connectivity index (χ3n) is 3.71. The Morgan fingerprint density at radius 1 is 1.21 bits per heavy atom. The van der Waals surface area contributed by atoms with Crippen LogP contribution in [0.25, 0.3) is 22.5 Å². The number of nitro groups is 1. The number of nitrogens with zero attached hydrogens (tertiary/aromatic N) is 7. The molecule has 0 N–H and O–H groups in total. The molecule has 24 heavy (non-hydrogen) atoms. The van der Waals surface area contributed by atoms with Crippen molar-refractivity contribution in [1.29, 1.82) is 0 Å². The lowest BCUT2D eigenvalue weighted by molar-refractivity contribution is -0.385. The van der Waals surface area contributed by atoms with E-state index in [1.54, 1.807) is 25.1 Å². The molecule has 0 aliphatic rings. The fraction of sp³-hybridized carbons (Fsp3) is 0.0714. The van der Waals surface area contributed by atoms with E-state index in [-0.39, 0.29) is 17.0 Å². The molecule has 4 rings (SSSR count). The highest BCUT2D eigenvalue weighted by Crippen LogP contribution is 2.21. The second kappa shape index (κ2) is 4.91. The molecule has 0 saturated carbocycles. The zero-order chi connectivity index (χ0) is 16.8. The molecule has 10 heteroatoms. The van der Waals surface area contributed by atoms with Gasteiger partial charge in [0, 0.05) is 17.8 Å². The highest BCUT2D eigenvalue weighted by Gasteiger charge is 2.15. The average Bonchev–Trinajstić information content (AvgIpc) is 3.04. The maximum atomic E-state index is 12.7. The summed E-state index contributed by atoms with van der Waals surface area (Å²) in [6.07, 6.45) is 2.83. The average molecular weight is 323 g/mol. The minimum atomic E-state index is -0.482. The summed E-state index contributed by atoms with van der Waals surface area (Å²) in [4.78, 5) is 27.2. The largest absolute Gasteiger partial charge is 0.285 e. The van der Waals surface area contributed by atoms with E-state index in [0.29, 0.717) is 16.8 Å². The SMILES string of the molecule is Cc1ccc(-n2ccc3c(nnc4ncnn43)c2=O)cc1[N+](=O)[O-]. The molecule has 0 radical (unpaired) electrons. The number of aromatic nitrogens is 6. The summed E-state index contributed by atoms with van der Waals surface area (Å²) < 4.78 is 2.69. The molecule has 0 amide bonds. The van der Waals surface area contributed by atoms with Crippen LogP contribution in [0.2, 0.25) is 0 Å². The summed E-state index contributed by atoms with van der Waals surface area (Å²) in [6, 6.07) is 6.22. The van der Waals surface area contributed by atoms with Gasteiger partial charge in [0.2, 0.25) is 0 Å². The van der Waals surface area contributed by atoms with Crippen molar-refractivity contribution in [3.63, 3.8) is 0 Å². The number of hydrogen-bond donors (Lipinski definition) is 0. The molecule has 0 unspecified atom stereocenters. The Morgan fingerprint density at radius 3 is 2.83 bits per heavy atom. The first-order valence-corrected chi connectivity index (χ1v) is 6.89. The van der Waals surface area contributed by atoms with Gasteiger partial charge in [0.1, 0.15) is 11.8 Å². The third-order valence-corrected chi connectivity index (χ3v) is 3.71. The van der Waals surface area contributed by atoms with Crippen LogP contribution >= 0.6 is 0 Å². The fourth-order valence-corrected chi connectivity index (χ4v) is 2.50. The van der Waals surface area contributed by atoms with Crippen molar-refractivity contribution >= 4 is 22.5 Å². The molecular formula is C14H9N7O3. The van der Waals surface area contributed by atoms with Crippen molar-refractivity contribution in [2.45, 2.75) is 6.92 Å². The topological polar surface area (TPSA) is 121 Å². The summed E-state index contributed by atoms with van der Waals surface area (Å²) >= 11 is 0. The van der Waals surface area contributed by atoms with Crippen LogP contribution in [-0.4, -0.2) is 34.3 Å². The molecule has 3 aromatic heterocycles. The Kier molecular flexibility index (Phi) is 2.85. The molecule has 0 spiro atoms. The van der Waals surface area contributed by atoms with Crippen molar-refractivity contribution < 1.29 is 4.92 Å². The van der Waals surface area contributed by atoms with Gasteiger partial charge in [-0.3, -0.25) is 19.5 Å². The summed E-state index contributed by atoms with van der Waals surface area (Å²) in [5.41, 5.74) is 0.938. The van der Waals surface area contributed by atoms with Crippen molar-refractivity contribution in [3.05, 3.63) is 62.8 Å². The predicted molar refractivity (Wildman–Crippen MR) is 83.1 cm³/mol. The van der Waals surface area contributed by atoms with Gasteiger partial charge >= 0.3 is 0 Å². The Balaban J connectivity index is 2.00. The molecule has 118 valence electrons. The summed E-state index contributed by atoms with van der Waals surface area (Å²) in [6.45, 7) is 1.64. The monoisotopic (exact) mass is 323 g/mol. The number of benzene rings is 1. The Labute approximate surface area is 133 Å². The van der Waals surface area contributed by atoms with Crippen LogP contribution in [0.3, 0.4) is 0 Å². The van der Waals surface area contributed by atoms with Crippen LogP contribution < -0.4 is 5.56 Å². The van der Waals surface area contributed by atoms with Crippen LogP contribution in [-0.2, 0) is 0 Å². The van der Waals surface area contributed by atoms with Crippen molar-refractivity contribution in [2.24, 2.45) is 0 Å². The molecule has 4 aromatic rings. The molecule has 0 aliphatic heterocycles. The normalized spacial score (nSPS) is 11.2. The first kappa shape index (κ1) is 13.9. The number of pyridine rings is 1. The Hall–Kier alpha value is -3.69. The van der Waals surface area contributed by atoms with E-state index in [1.807, 2.05) is 0 Å². The summed E-state index contributed by atoms with van der Waals surface area (Å²) in [7, 11) is 0. The van der Waals surface area contributed by atoms with Gasteiger partial charge in [-0.25, -0.2) is 0 Å². The van der Waals surface area contributed by atoms with E-state index in [2.05, 4.69) is 20.3 Å². The molecule has 0 bridgehead atoms. The lowest BCUT2D eigenvalue weighted by Crippen LogP contribution is -2.20. The number of fused-ring (bicyclic) bond motifs is 3. The van der Waals surface area contributed by atoms with Gasteiger partial charge in [-0.2, -0.15) is 14.6 Å². The van der Waals surface area contributed by atoms with E-state index in [0.717, 1.165) is 0 Å². The van der Waals surface area contributed by atoms with Crippen molar-refractivity contribution in [1.82, 2.24) is 29.4 Å². The Morgan fingerprint density at radius 2 is 2.04 bits per heavy atom. The lowest BCUT2D eigenvalue weighted by atomic mass is 10.2. The number of hydrogen-bond acceptors (Lipinski definition) is 7. The zero-order valence-corrected chi connectivity index (χ0v) is 12.3. The molecule has 0 aliphatic carbocycles. The van der Waals surface area contributed by atoms with Gasteiger partial charge in [-0.1, -0.05) is 6.07 Å². The quantitative estimate of drug-likeness (QED) is 0.399. The second-order valence-corrected chi connectivity index (χ2v) is 5.12. The minimum Gasteiger partial charge on any atom is -0.282 e. The number of rotatable bonds is 2. The third kappa shape index (κ3) is 1.93. The Bertz CT molecular complexity index is 1180. The maximum absolute atomic E-state index is 12.7. The smallest absolute Gasteiger partial charge is 0.282 e. The van der Waals surface area contributed by atoms with Crippen molar-refractivity contribution in [3.8, 4) is 5.69 Å². The molecule has 10 nitrogen and oxygen atoms in total. The van der Waals surface area contributed by atoms with Crippen LogP contribution in [0.15, 0.2) is 41.6 Å². The second-order valence-electron chi connectivity index (χ2n) is 5.12. The first-order valence-electron chi connectivity index (χ1n) is 6.89. The van der Waals surface area contributed by atoms with E-state index < -0.39 is 10.5 Å². The molecule has 1 aromatic carbocycles. The van der Waals surface area contributed by atoms with E-state index in [4.69, 9.17) is 0 Å². The van der Waals surface area contributed by atoms with Gasteiger partial charge in [0.25, 0.3) is 17.0 Å². The van der Waals surface area contributed by atoms with Gasteiger partial charge < -0.3 is 0 Å². The molecule has 0 saturated heterocycles. The summed E-state index contributed by atoms with van der Waals surface area (Å²) in [5, 5.41) is 22.8. The number of nitro benzene ring substituents is 1. The van der Waals surface area contributed by atoms with Crippen LogP contribution in [0.1, 0.15) is 5.56 Å². The molecule has 0 fully saturated rings. The highest BCUT2D eigenvalue weighted by atomic mass is 16.6. The standard InChI is InChI=1S/C14H9N7O3/c1-8-2-3-9(6-11(8)21(23)24)19-5-4-10-12(13(19)22)17-18-14-15-7-16-20(10)14/h2-7H,1H3. The summed E-state index contributed by atoms with van der Waals surface area (Å²) in [5.74, 6) is 0.283. The molecular weight excluding hydrogens is 314 g/mol. The fourth-order valence-electron chi connectivity index (χ4n) is 2.50. The predicted octanol–water partition coefficient (Wildman–Crippen LogP) is 1.04. The highest BCUT2D eigenvalue weighted by molar-refractivity contribution is 5.74. The van der Waals surface area contributed by atoms with E-state index >= 15 is 0 Å². The number of aryl methyl sites for hydroxylation is 1. The first-order chi connectivity index (χ1) is 11.6. The van der Waals surface area contributed by atoms with E-state index in [1.165, 1.54) is 27.7 Å². The molecule has 3 heterocycles. The van der Waals surface area contributed by atoms with Gasteiger partial charge in [-0.05, 0) is 19.1 Å². The minimum absolute atomic E-state index is 0.0580. The van der Waals surface area contributed by atoms with Crippen LogP contribution in [0, 0.1) is 17.0 Å². The van der Waals surface area contributed by atoms with E-state index in [9.17, 15) is 14.9 Å². The van der Waals surface area contributed by atoms with Gasteiger partial charge in [-0.15, -0.1) is 10.2 Å².